The largest absolute Gasteiger partial charge is 0.463 e. The molecule has 3 atom stereocenters. The van der Waals surface area contributed by atoms with Crippen molar-refractivity contribution in [3.05, 3.63) is 23.8 Å². The molecule has 0 aromatic carbocycles. The third kappa shape index (κ3) is 7.63. The predicted molar refractivity (Wildman–Crippen MR) is 123 cm³/mol. The van der Waals surface area contributed by atoms with Gasteiger partial charge in [0.05, 0.1) is 13.2 Å². The van der Waals surface area contributed by atoms with Gasteiger partial charge in [-0.25, -0.2) is 4.79 Å². The highest BCUT2D eigenvalue weighted by molar-refractivity contribution is 6.76. The van der Waals surface area contributed by atoms with Gasteiger partial charge in [-0.1, -0.05) is 51.6 Å². The molecule has 2 rings (SSSR count). The molecule has 1 N–H and O–H groups in total. The maximum absolute atomic E-state index is 12.0. The lowest BCUT2D eigenvalue weighted by Crippen LogP contribution is -2.46. The highest BCUT2D eigenvalue weighted by atomic mass is 28.3. The highest BCUT2D eigenvalue weighted by Crippen LogP contribution is 2.47. The number of hydrogen-bond donors (Lipinski definition) is 1. The number of ether oxygens (including phenoxy) is 3. The molecule has 0 amide bonds. The first-order valence-electron chi connectivity index (χ1n) is 11.7. The van der Waals surface area contributed by atoms with Crippen molar-refractivity contribution < 1.29 is 24.1 Å². The number of allylic oxidation sites excluding steroid dienone is 2. The van der Waals surface area contributed by atoms with Crippen molar-refractivity contribution in [1.82, 2.24) is 0 Å². The first-order chi connectivity index (χ1) is 14.1. The van der Waals surface area contributed by atoms with Crippen molar-refractivity contribution in [3.8, 4) is 0 Å². The lowest BCUT2D eigenvalue weighted by molar-refractivity contribution is -0.280. The zero-order valence-electron chi connectivity index (χ0n) is 19.7. The van der Waals surface area contributed by atoms with Crippen LogP contribution in [0.4, 0.5) is 0 Å². The smallest absolute Gasteiger partial charge is 0.330 e. The van der Waals surface area contributed by atoms with Crippen LogP contribution in [0.5, 0.6) is 0 Å². The van der Waals surface area contributed by atoms with Crippen LogP contribution >= 0.6 is 0 Å². The normalized spacial score (nSPS) is 28.9. The predicted octanol–water partition coefficient (Wildman–Crippen LogP) is 5.37. The third-order valence-corrected chi connectivity index (χ3v) is 7.82. The van der Waals surface area contributed by atoms with Crippen LogP contribution in [0.25, 0.3) is 0 Å². The van der Waals surface area contributed by atoms with Crippen molar-refractivity contribution in [2.75, 3.05) is 13.2 Å². The van der Waals surface area contributed by atoms with Gasteiger partial charge < -0.3 is 19.3 Å². The van der Waals surface area contributed by atoms with Gasteiger partial charge in [-0.05, 0) is 44.2 Å². The summed E-state index contributed by atoms with van der Waals surface area (Å²) in [6, 6.07) is 0.960. The molecule has 2 heterocycles. The summed E-state index contributed by atoms with van der Waals surface area (Å²) in [6.45, 7) is 12.0. The van der Waals surface area contributed by atoms with E-state index < -0.39 is 25.6 Å². The van der Waals surface area contributed by atoms with E-state index in [2.05, 4.69) is 26.6 Å². The molecule has 30 heavy (non-hydrogen) atoms. The molecule has 0 aliphatic carbocycles. The number of unbranched alkanes of at least 4 members (excludes halogenated alkanes) is 1. The van der Waals surface area contributed by atoms with Gasteiger partial charge in [0.25, 0.3) is 0 Å². The minimum atomic E-state index is -1.21. The Kier molecular flexibility index (Phi) is 9.34. The van der Waals surface area contributed by atoms with Crippen molar-refractivity contribution in [2.45, 2.75) is 108 Å². The van der Waals surface area contributed by atoms with Crippen molar-refractivity contribution in [3.63, 3.8) is 0 Å². The number of hydrogen-bond acceptors (Lipinski definition) is 5. The van der Waals surface area contributed by atoms with Crippen molar-refractivity contribution in [2.24, 2.45) is 0 Å². The maximum atomic E-state index is 12.0. The number of esters is 1. The number of rotatable bonds is 10. The Labute approximate surface area is 183 Å². The van der Waals surface area contributed by atoms with Crippen LogP contribution < -0.4 is 0 Å². The first kappa shape index (κ1) is 25.3. The summed E-state index contributed by atoms with van der Waals surface area (Å²) in [7, 11) is -1.21. The average molecular weight is 439 g/mol. The summed E-state index contributed by atoms with van der Waals surface area (Å²) in [6.07, 6.45) is 11.9. The van der Waals surface area contributed by atoms with Crippen LogP contribution in [0.3, 0.4) is 0 Å². The van der Waals surface area contributed by atoms with E-state index in [0.717, 1.165) is 69.6 Å². The molecule has 2 aliphatic rings. The topological polar surface area (TPSA) is 65.0 Å². The fourth-order valence-electron chi connectivity index (χ4n) is 4.14. The van der Waals surface area contributed by atoms with Crippen LogP contribution in [-0.2, 0) is 19.0 Å². The standard InChI is InChI=1S/C24H42O5Si/c1-6-7-12-23(14-15-24(29-23)13-8-9-16-28-24)21(25)11-10-20(2)19-22(26)27-17-18-30(3,4)5/h10-11,19,21,25H,6-9,12-18H2,1-5H3/b11-10+,20-19+/t21-,23-,24?/m1/s1. The molecular weight excluding hydrogens is 396 g/mol. The molecule has 172 valence electrons. The molecule has 1 spiro atoms. The second kappa shape index (κ2) is 11.1. The van der Waals surface area contributed by atoms with Gasteiger partial charge in [-0.2, -0.15) is 0 Å². The highest BCUT2D eigenvalue weighted by Gasteiger charge is 2.53. The second-order valence-electron chi connectivity index (χ2n) is 10.2. The fraction of sp³-hybridized carbons (Fsp3) is 0.792. The molecule has 0 saturated carbocycles. The number of aliphatic hydroxyl groups excluding tert-OH is 1. The second-order valence-corrected chi connectivity index (χ2v) is 15.8. The first-order valence-corrected chi connectivity index (χ1v) is 15.4. The summed E-state index contributed by atoms with van der Waals surface area (Å²) in [4.78, 5) is 12.0. The summed E-state index contributed by atoms with van der Waals surface area (Å²) in [5.74, 6) is -0.844. The van der Waals surface area contributed by atoms with Crippen molar-refractivity contribution in [1.29, 1.82) is 0 Å². The number of aliphatic hydroxyl groups is 1. The van der Waals surface area contributed by atoms with E-state index in [0.29, 0.717) is 6.61 Å². The van der Waals surface area contributed by atoms with Crippen LogP contribution in [0, 0.1) is 0 Å². The number of carbonyl (C=O) groups excluding carboxylic acids is 1. The van der Waals surface area contributed by atoms with E-state index in [1.165, 1.54) is 6.08 Å². The zero-order valence-corrected chi connectivity index (χ0v) is 20.7. The Hall–Kier alpha value is -0.953. The molecule has 0 radical (unpaired) electrons. The lowest BCUT2D eigenvalue weighted by Gasteiger charge is -2.39. The molecular formula is C24H42O5Si. The van der Waals surface area contributed by atoms with Gasteiger partial charge in [-0.3, -0.25) is 0 Å². The fourth-order valence-corrected chi connectivity index (χ4v) is 4.85. The van der Waals surface area contributed by atoms with E-state index in [9.17, 15) is 9.90 Å². The van der Waals surface area contributed by atoms with Gasteiger partial charge in [-0.15, -0.1) is 0 Å². The third-order valence-electron chi connectivity index (χ3n) is 6.11. The molecule has 0 aromatic heterocycles. The minimum Gasteiger partial charge on any atom is -0.463 e. The quantitative estimate of drug-likeness (QED) is 0.215. The monoisotopic (exact) mass is 438 g/mol. The van der Waals surface area contributed by atoms with E-state index in [1.807, 2.05) is 6.92 Å². The Bertz CT molecular complexity index is 616. The van der Waals surface area contributed by atoms with Gasteiger partial charge >= 0.3 is 5.97 Å². The summed E-state index contributed by atoms with van der Waals surface area (Å²) in [5.41, 5.74) is 0.154. The van der Waals surface area contributed by atoms with Crippen LogP contribution in [-0.4, -0.2) is 49.9 Å². The zero-order chi connectivity index (χ0) is 22.3. The molecule has 1 unspecified atom stereocenters. The van der Waals surface area contributed by atoms with Crippen LogP contribution in [0.15, 0.2) is 23.8 Å². The van der Waals surface area contributed by atoms with Crippen LogP contribution in [0.1, 0.15) is 65.2 Å². The molecule has 2 fully saturated rings. The van der Waals surface area contributed by atoms with E-state index in [4.69, 9.17) is 14.2 Å². The minimum absolute atomic E-state index is 0.322. The Morgan fingerprint density at radius 2 is 2.00 bits per heavy atom. The van der Waals surface area contributed by atoms with Crippen LogP contribution in [0.2, 0.25) is 25.7 Å². The molecule has 2 aliphatic heterocycles. The molecule has 2 saturated heterocycles. The van der Waals surface area contributed by atoms with Gasteiger partial charge in [0, 0.05) is 27.0 Å². The Balaban J connectivity index is 1.98. The summed E-state index contributed by atoms with van der Waals surface area (Å²) in [5, 5.41) is 11.0. The van der Waals surface area contributed by atoms with Gasteiger partial charge in [0.2, 0.25) is 0 Å². The maximum Gasteiger partial charge on any atom is 0.330 e. The van der Waals surface area contributed by atoms with Crippen molar-refractivity contribution >= 4 is 14.0 Å². The van der Waals surface area contributed by atoms with Gasteiger partial charge in [0.15, 0.2) is 5.79 Å². The average Bonchev–Trinajstić information content (AvgIpc) is 3.03. The van der Waals surface area contributed by atoms with E-state index in [1.54, 1.807) is 12.2 Å². The molecule has 0 bridgehead atoms. The summed E-state index contributed by atoms with van der Waals surface area (Å²) >= 11 is 0. The SMILES string of the molecule is CCCC[C@]1([C@H](O)/C=C/C(C)=C/C(=O)OCC[Si](C)(C)C)CCC2(CCCCO2)O1. The lowest BCUT2D eigenvalue weighted by atomic mass is 9.86. The molecule has 6 heteroatoms. The van der Waals surface area contributed by atoms with E-state index in [-0.39, 0.29) is 5.97 Å². The molecule has 0 aromatic rings. The van der Waals surface area contributed by atoms with Gasteiger partial charge in [0.1, 0.15) is 11.7 Å². The molecule has 5 nitrogen and oxygen atoms in total. The number of carbonyl (C=O) groups is 1. The Morgan fingerprint density at radius 3 is 2.63 bits per heavy atom. The summed E-state index contributed by atoms with van der Waals surface area (Å²) < 4.78 is 17.9. The van der Waals surface area contributed by atoms with E-state index >= 15 is 0 Å². The Morgan fingerprint density at radius 1 is 1.23 bits per heavy atom.